The van der Waals surface area contributed by atoms with E-state index in [1.807, 2.05) is 0 Å². The molecule has 0 N–H and O–H groups in total. The second kappa shape index (κ2) is 3.17. The number of halogens is 3. The lowest BCUT2D eigenvalue weighted by Crippen LogP contribution is -2.11. The van der Waals surface area contributed by atoms with Gasteiger partial charge in [0.15, 0.2) is 10.8 Å². The fourth-order valence-electron chi connectivity index (χ4n) is 0.837. The lowest BCUT2D eigenvalue weighted by molar-refractivity contribution is -0.141. The largest absolute Gasteiger partial charge is 0.434 e. The van der Waals surface area contributed by atoms with E-state index in [9.17, 15) is 13.2 Å². The van der Waals surface area contributed by atoms with Crippen molar-refractivity contribution in [3.8, 4) is 0 Å². The van der Waals surface area contributed by atoms with E-state index in [1.54, 1.807) is 19.0 Å². The van der Waals surface area contributed by atoms with Gasteiger partial charge in [-0.25, -0.2) is 4.98 Å². The van der Waals surface area contributed by atoms with Crippen molar-refractivity contribution < 1.29 is 13.2 Å². The van der Waals surface area contributed by atoms with Gasteiger partial charge in [0.25, 0.3) is 0 Å². The Morgan fingerprint density at radius 2 is 1.85 bits per heavy atom. The molecule has 0 atom stereocenters. The Hall–Kier alpha value is -0.780. The zero-order valence-electron chi connectivity index (χ0n) is 7.44. The molecule has 0 aliphatic heterocycles. The number of hydrogen-bond acceptors (Lipinski definition) is 3. The van der Waals surface area contributed by atoms with Crippen molar-refractivity contribution in [1.82, 2.24) is 4.98 Å². The molecule has 0 aliphatic carbocycles. The molecule has 1 aromatic heterocycles. The Kier molecular flexibility index (Phi) is 2.51. The summed E-state index contributed by atoms with van der Waals surface area (Å²) in [6, 6.07) is 0. The molecule has 6 heteroatoms. The van der Waals surface area contributed by atoms with Crippen LogP contribution in [0.5, 0.6) is 0 Å². The van der Waals surface area contributed by atoms with Crippen molar-refractivity contribution in [3.63, 3.8) is 0 Å². The van der Waals surface area contributed by atoms with Crippen LogP contribution in [0.4, 0.5) is 18.3 Å². The van der Waals surface area contributed by atoms with Gasteiger partial charge in [0.1, 0.15) is 0 Å². The summed E-state index contributed by atoms with van der Waals surface area (Å²) in [5.41, 5.74) is -0.777. The number of anilines is 1. The fourth-order valence-corrected chi connectivity index (χ4v) is 1.69. The summed E-state index contributed by atoms with van der Waals surface area (Å²) in [5.74, 6) is 0. The summed E-state index contributed by atoms with van der Waals surface area (Å²) in [7, 11) is 3.33. The van der Waals surface area contributed by atoms with Gasteiger partial charge in [-0.05, 0) is 6.92 Å². The molecular weight excluding hydrogens is 201 g/mol. The third kappa shape index (κ3) is 2.12. The van der Waals surface area contributed by atoms with E-state index < -0.39 is 11.9 Å². The van der Waals surface area contributed by atoms with Gasteiger partial charge in [-0.2, -0.15) is 13.2 Å². The first-order valence-corrected chi connectivity index (χ1v) is 4.36. The van der Waals surface area contributed by atoms with Crippen molar-refractivity contribution in [2.75, 3.05) is 19.0 Å². The van der Waals surface area contributed by atoms with Gasteiger partial charge in [-0.1, -0.05) is 0 Å². The third-order valence-corrected chi connectivity index (χ3v) is 2.57. The van der Waals surface area contributed by atoms with Crippen molar-refractivity contribution >= 4 is 16.5 Å². The van der Waals surface area contributed by atoms with Crippen LogP contribution < -0.4 is 4.90 Å². The molecule has 0 aromatic carbocycles. The Morgan fingerprint density at radius 3 is 2.08 bits per heavy atom. The maximum atomic E-state index is 12.3. The SMILES string of the molecule is Cc1sc(N(C)C)nc1C(F)(F)F. The second-order valence-corrected chi connectivity index (χ2v) is 3.98. The molecule has 0 unspecified atom stereocenters. The fraction of sp³-hybridized carbons (Fsp3) is 0.571. The molecule has 0 amide bonds. The molecule has 1 rings (SSSR count). The quantitative estimate of drug-likeness (QED) is 0.708. The van der Waals surface area contributed by atoms with E-state index in [-0.39, 0.29) is 4.88 Å². The molecule has 13 heavy (non-hydrogen) atoms. The van der Waals surface area contributed by atoms with Crippen molar-refractivity contribution in [2.24, 2.45) is 0 Å². The molecule has 0 aliphatic rings. The normalized spacial score (nSPS) is 11.8. The van der Waals surface area contributed by atoms with Crippen LogP contribution in [-0.4, -0.2) is 19.1 Å². The molecule has 1 heterocycles. The molecule has 0 spiro atoms. The van der Waals surface area contributed by atoms with Gasteiger partial charge in [0, 0.05) is 19.0 Å². The highest BCUT2D eigenvalue weighted by molar-refractivity contribution is 7.15. The molecule has 0 fully saturated rings. The smallest absolute Gasteiger partial charge is 0.354 e. The Labute approximate surface area is 78.0 Å². The summed E-state index contributed by atoms with van der Waals surface area (Å²) in [6.45, 7) is 1.42. The zero-order valence-corrected chi connectivity index (χ0v) is 8.25. The minimum absolute atomic E-state index is 0.205. The van der Waals surface area contributed by atoms with Gasteiger partial charge in [-0.3, -0.25) is 0 Å². The first-order valence-electron chi connectivity index (χ1n) is 3.54. The summed E-state index contributed by atoms with van der Waals surface area (Å²) in [6.07, 6.45) is -4.34. The topological polar surface area (TPSA) is 16.1 Å². The van der Waals surface area contributed by atoms with E-state index in [4.69, 9.17) is 0 Å². The number of thiazole rings is 1. The average molecular weight is 210 g/mol. The maximum Gasteiger partial charge on any atom is 0.434 e. The molecule has 1 aromatic rings. The lowest BCUT2D eigenvalue weighted by Gasteiger charge is -2.06. The highest BCUT2D eigenvalue weighted by atomic mass is 32.1. The minimum Gasteiger partial charge on any atom is -0.354 e. The van der Waals surface area contributed by atoms with E-state index in [0.717, 1.165) is 11.3 Å². The molecule has 0 radical (unpaired) electrons. The van der Waals surface area contributed by atoms with Crippen LogP contribution >= 0.6 is 11.3 Å². The number of rotatable bonds is 1. The Morgan fingerprint density at radius 1 is 1.31 bits per heavy atom. The number of aryl methyl sites for hydroxylation is 1. The summed E-state index contributed by atoms with van der Waals surface area (Å²) < 4.78 is 36.8. The van der Waals surface area contributed by atoms with E-state index in [1.165, 1.54) is 6.92 Å². The van der Waals surface area contributed by atoms with Crippen LogP contribution in [0.15, 0.2) is 0 Å². The van der Waals surface area contributed by atoms with E-state index >= 15 is 0 Å². The summed E-state index contributed by atoms with van der Waals surface area (Å²) >= 11 is 1.04. The van der Waals surface area contributed by atoms with E-state index in [2.05, 4.69) is 4.98 Å². The van der Waals surface area contributed by atoms with Gasteiger partial charge >= 0.3 is 6.18 Å². The van der Waals surface area contributed by atoms with Crippen LogP contribution in [-0.2, 0) is 6.18 Å². The number of nitrogens with zero attached hydrogens (tertiary/aromatic N) is 2. The average Bonchev–Trinajstić information content (AvgIpc) is 2.29. The van der Waals surface area contributed by atoms with Crippen molar-refractivity contribution in [1.29, 1.82) is 0 Å². The maximum absolute atomic E-state index is 12.3. The van der Waals surface area contributed by atoms with Crippen molar-refractivity contribution in [3.05, 3.63) is 10.6 Å². The highest BCUT2D eigenvalue weighted by Gasteiger charge is 2.36. The molecule has 0 saturated carbocycles. The van der Waals surface area contributed by atoms with Crippen LogP contribution in [0, 0.1) is 6.92 Å². The highest BCUT2D eigenvalue weighted by Crippen LogP contribution is 2.36. The zero-order chi connectivity index (χ0) is 10.2. The van der Waals surface area contributed by atoms with Gasteiger partial charge < -0.3 is 4.90 Å². The molecule has 2 nitrogen and oxygen atoms in total. The van der Waals surface area contributed by atoms with Crippen molar-refractivity contribution in [2.45, 2.75) is 13.1 Å². The van der Waals surface area contributed by atoms with Crippen LogP contribution in [0.3, 0.4) is 0 Å². The third-order valence-electron chi connectivity index (χ3n) is 1.44. The summed E-state index contributed by atoms with van der Waals surface area (Å²) in [4.78, 5) is 5.27. The van der Waals surface area contributed by atoms with Gasteiger partial charge in [-0.15, -0.1) is 11.3 Å². The Bertz CT molecular complexity index is 303. The number of hydrogen-bond donors (Lipinski definition) is 0. The van der Waals surface area contributed by atoms with Gasteiger partial charge in [0.05, 0.1) is 0 Å². The minimum atomic E-state index is -4.34. The van der Waals surface area contributed by atoms with Crippen LogP contribution in [0.2, 0.25) is 0 Å². The van der Waals surface area contributed by atoms with Crippen LogP contribution in [0.25, 0.3) is 0 Å². The lowest BCUT2D eigenvalue weighted by atomic mass is 10.4. The standard InChI is InChI=1S/C7H9F3N2S/c1-4-5(7(8,9)10)11-6(13-4)12(2)3/h1-3H3. The van der Waals surface area contributed by atoms with E-state index in [0.29, 0.717) is 5.13 Å². The summed E-state index contributed by atoms with van der Waals surface area (Å²) in [5, 5.41) is 0.379. The first-order chi connectivity index (χ1) is 5.82. The number of aromatic nitrogens is 1. The number of alkyl halides is 3. The van der Waals surface area contributed by atoms with Crippen LogP contribution in [0.1, 0.15) is 10.6 Å². The molecule has 74 valence electrons. The Balaban J connectivity index is 3.11. The first kappa shape index (κ1) is 10.3. The predicted molar refractivity (Wildman–Crippen MR) is 46.2 cm³/mol. The molecular formula is C7H9F3N2S. The molecule has 0 bridgehead atoms. The second-order valence-electron chi connectivity index (χ2n) is 2.79. The predicted octanol–water partition coefficient (Wildman–Crippen LogP) is 2.54. The molecule has 0 saturated heterocycles. The monoisotopic (exact) mass is 210 g/mol. The van der Waals surface area contributed by atoms with Gasteiger partial charge in [0.2, 0.25) is 0 Å².